The molecule has 6 nitrogen and oxygen atoms in total. The average Bonchev–Trinajstić information content (AvgIpc) is 2.45. The Hall–Kier alpha value is -0.299. The van der Waals surface area contributed by atoms with Crippen molar-refractivity contribution in [2.75, 3.05) is 13.2 Å². The number of aliphatic hydroxyl groups is 1. The number of nitrogens with one attached hydrogen (secondary N) is 1. The highest BCUT2D eigenvalue weighted by molar-refractivity contribution is 6.71. The second kappa shape index (κ2) is 11.4. The highest BCUT2D eigenvalue weighted by Crippen LogP contribution is 2.15. The summed E-state index contributed by atoms with van der Waals surface area (Å²) in [5, 5.41) is 12.5. The molecule has 1 amide bonds. The Morgan fingerprint density at radius 2 is 1.72 bits per heavy atom. The topological polar surface area (TPSA) is 77.0 Å². The molecule has 0 radical (unpaired) electrons. The van der Waals surface area contributed by atoms with Gasteiger partial charge in [0.15, 0.2) is 16.6 Å². The first-order chi connectivity index (χ1) is 11.4. The maximum atomic E-state index is 11.1. The number of aliphatic hydroxyl groups excluding tert-OH is 1. The van der Waals surface area contributed by atoms with E-state index in [4.69, 9.17) is 13.6 Å². The van der Waals surface area contributed by atoms with Crippen LogP contribution < -0.4 is 5.32 Å². The molecule has 148 valence electrons. The molecule has 0 aromatic rings. The standard InChI is InChI=1S/C16H37NO5Si3/c1-9-14(19)17-11-13(18)12-20-15(10-2)23-16(21-24(3,4)5)22-25(6,7)8/h9,13,15-16,18H,1,10-12,23H2,2-8H3,(H,17,19). The lowest BCUT2D eigenvalue weighted by Gasteiger charge is -2.33. The third-order valence-electron chi connectivity index (χ3n) is 3.10. The van der Waals surface area contributed by atoms with Crippen molar-refractivity contribution in [2.45, 2.75) is 70.4 Å². The first kappa shape index (κ1) is 24.7. The van der Waals surface area contributed by atoms with Crippen LogP contribution in [0, 0.1) is 0 Å². The van der Waals surface area contributed by atoms with Crippen molar-refractivity contribution in [1.29, 1.82) is 0 Å². The lowest BCUT2D eigenvalue weighted by molar-refractivity contribution is -0.117. The molecule has 0 rings (SSSR count). The fourth-order valence-corrected chi connectivity index (χ4v) is 8.65. The van der Waals surface area contributed by atoms with Gasteiger partial charge in [-0.1, -0.05) is 13.5 Å². The Kier molecular flexibility index (Phi) is 11.3. The second-order valence-corrected chi connectivity index (χ2v) is 19.1. The molecule has 0 aliphatic heterocycles. The highest BCUT2D eigenvalue weighted by Gasteiger charge is 2.29. The van der Waals surface area contributed by atoms with Gasteiger partial charge in [0, 0.05) is 12.3 Å². The SMILES string of the molecule is C=CC(=O)NCC(O)COC(CC)[SiH2]C(O[Si](C)(C)C)O[Si](C)(C)C. The van der Waals surface area contributed by atoms with Gasteiger partial charge in [0.1, 0.15) is 15.4 Å². The third kappa shape index (κ3) is 14.5. The van der Waals surface area contributed by atoms with Crippen LogP contribution in [0.15, 0.2) is 12.7 Å². The van der Waals surface area contributed by atoms with Crippen LogP contribution in [0.1, 0.15) is 13.3 Å². The maximum absolute atomic E-state index is 11.1. The summed E-state index contributed by atoms with van der Waals surface area (Å²) in [6, 6.07) is 0. The van der Waals surface area contributed by atoms with Gasteiger partial charge in [-0.3, -0.25) is 4.79 Å². The zero-order chi connectivity index (χ0) is 19.7. The van der Waals surface area contributed by atoms with Crippen LogP contribution >= 0.6 is 0 Å². The van der Waals surface area contributed by atoms with Crippen LogP contribution in [0.25, 0.3) is 0 Å². The predicted molar refractivity (Wildman–Crippen MR) is 110 cm³/mol. The molecule has 0 aliphatic rings. The van der Waals surface area contributed by atoms with E-state index >= 15 is 0 Å². The van der Waals surface area contributed by atoms with E-state index in [9.17, 15) is 9.90 Å². The van der Waals surface area contributed by atoms with E-state index < -0.39 is 32.3 Å². The van der Waals surface area contributed by atoms with Crippen molar-refractivity contribution >= 4 is 32.1 Å². The minimum atomic E-state index is -1.70. The third-order valence-corrected chi connectivity index (χ3v) is 7.77. The first-order valence-electron chi connectivity index (χ1n) is 8.92. The largest absolute Gasteiger partial charge is 0.397 e. The van der Waals surface area contributed by atoms with Gasteiger partial charge < -0.3 is 24.0 Å². The van der Waals surface area contributed by atoms with Crippen LogP contribution in [-0.2, 0) is 18.4 Å². The van der Waals surface area contributed by atoms with E-state index in [1.54, 1.807) is 0 Å². The van der Waals surface area contributed by atoms with Crippen molar-refractivity contribution < 1.29 is 23.5 Å². The van der Waals surface area contributed by atoms with E-state index in [0.717, 1.165) is 6.42 Å². The summed E-state index contributed by atoms with van der Waals surface area (Å²) < 4.78 is 18.4. The number of rotatable bonds is 13. The van der Waals surface area contributed by atoms with E-state index in [1.165, 1.54) is 6.08 Å². The Morgan fingerprint density at radius 1 is 1.20 bits per heavy atom. The molecular formula is C16H37NO5Si3. The van der Waals surface area contributed by atoms with Crippen molar-refractivity contribution in [3.05, 3.63) is 12.7 Å². The summed E-state index contributed by atoms with van der Waals surface area (Å²) >= 11 is 0. The molecule has 2 atom stereocenters. The summed E-state index contributed by atoms with van der Waals surface area (Å²) in [7, 11) is -4.22. The smallest absolute Gasteiger partial charge is 0.243 e. The van der Waals surface area contributed by atoms with Gasteiger partial charge in [-0.15, -0.1) is 0 Å². The number of ether oxygens (including phenoxy) is 1. The molecule has 0 fully saturated rings. The summed E-state index contributed by atoms with van der Waals surface area (Å²) in [4.78, 5) is 11.1. The van der Waals surface area contributed by atoms with E-state index in [1.807, 2.05) is 0 Å². The van der Waals surface area contributed by atoms with Gasteiger partial charge >= 0.3 is 0 Å². The van der Waals surface area contributed by atoms with Crippen molar-refractivity contribution in [2.24, 2.45) is 0 Å². The number of carbonyl (C=O) groups is 1. The molecule has 0 aromatic carbocycles. The van der Waals surface area contributed by atoms with Gasteiger partial charge in [0.25, 0.3) is 0 Å². The molecule has 0 saturated carbocycles. The second-order valence-electron chi connectivity index (χ2n) is 8.09. The lowest BCUT2D eigenvalue weighted by atomic mass is 10.3. The van der Waals surface area contributed by atoms with E-state index in [-0.39, 0.29) is 30.7 Å². The van der Waals surface area contributed by atoms with Gasteiger partial charge in [-0.25, -0.2) is 0 Å². The van der Waals surface area contributed by atoms with Gasteiger partial charge in [-0.05, 0) is 51.8 Å². The van der Waals surface area contributed by atoms with Crippen molar-refractivity contribution in [3.8, 4) is 0 Å². The number of hydrogen-bond donors (Lipinski definition) is 2. The van der Waals surface area contributed by atoms with Crippen LogP contribution in [0.2, 0.25) is 39.3 Å². The molecule has 0 saturated heterocycles. The Balaban J connectivity index is 4.56. The minimum absolute atomic E-state index is 0.0717. The number of amides is 1. The van der Waals surface area contributed by atoms with Gasteiger partial charge in [0.2, 0.25) is 5.91 Å². The molecule has 2 N–H and O–H groups in total. The Labute approximate surface area is 157 Å². The molecule has 2 unspecified atom stereocenters. The summed E-state index contributed by atoms with van der Waals surface area (Å²) in [6.45, 7) is 18.8. The minimum Gasteiger partial charge on any atom is -0.397 e. The van der Waals surface area contributed by atoms with Crippen LogP contribution in [0.4, 0.5) is 0 Å². The van der Waals surface area contributed by atoms with Crippen LogP contribution in [0.5, 0.6) is 0 Å². The van der Waals surface area contributed by atoms with Gasteiger partial charge in [0.05, 0.1) is 12.7 Å². The van der Waals surface area contributed by atoms with Crippen LogP contribution in [0.3, 0.4) is 0 Å². The van der Waals surface area contributed by atoms with Crippen molar-refractivity contribution in [3.63, 3.8) is 0 Å². The van der Waals surface area contributed by atoms with Gasteiger partial charge in [-0.2, -0.15) is 0 Å². The zero-order valence-corrected chi connectivity index (χ0v) is 20.3. The van der Waals surface area contributed by atoms with Crippen LogP contribution in [-0.4, -0.2) is 68.1 Å². The molecule has 9 heteroatoms. The predicted octanol–water partition coefficient (Wildman–Crippen LogP) is 1.56. The maximum Gasteiger partial charge on any atom is 0.243 e. The quantitative estimate of drug-likeness (QED) is 0.275. The molecular weight excluding hydrogens is 370 g/mol. The summed E-state index contributed by atoms with van der Waals surface area (Å²) in [6.07, 6.45) is 1.31. The van der Waals surface area contributed by atoms with E-state index in [2.05, 4.69) is 58.1 Å². The Bertz CT molecular complexity index is 394. The highest BCUT2D eigenvalue weighted by atomic mass is 28.4. The molecule has 0 heterocycles. The first-order valence-corrected chi connectivity index (χ1v) is 17.4. The summed E-state index contributed by atoms with van der Waals surface area (Å²) in [5.41, 5.74) is 0.0717. The molecule has 0 bridgehead atoms. The average molecular weight is 408 g/mol. The fraction of sp³-hybridized carbons (Fsp3) is 0.812. The summed E-state index contributed by atoms with van der Waals surface area (Å²) in [5.74, 6) is -0.437. The molecule has 25 heavy (non-hydrogen) atoms. The zero-order valence-electron chi connectivity index (χ0n) is 16.9. The molecule has 0 aromatic heterocycles. The van der Waals surface area contributed by atoms with E-state index in [0.29, 0.717) is 0 Å². The normalized spacial score (nSPS) is 15.6. The molecule has 0 aliphatic carbocycles. The lowest BCUT2D eigenvalue weighted by Crippen LogP contribution is -2.47. The number of hydrogen-bond acceptors (Lipinski definition) is 5. The van der Waals surface area contributed by atoms with Crippen molar-refractivity contribution in [1.82, 2.24) is 5.32 Å². The monoisotopic (exact) mass is 407 g/mol. The fourth-order valence-electron chi connectivity index (χ4n) is 2.07. The number of carbonyl (C=O) groups excluding carboxylic acids is 1. The molecule has 0 spiro atoms. The Morgan fingerprint density at radius 3 is 2.12 bits per heavy atom.